The highest BCUT2D eigenvalue weighted by Gasteiger charge is 2.21. The highest BCUT2D eigenvalue weighted by Crippen LogP contribution is 2.37. The van der Waals surface area contributed by atoms with Crippen molar-refractivity contribution < 1.29 is 18.7 Å². The molecular formula is C20H20FN3O4. The molecule has 7 nitrogen and oxygen atoms in total. The molecule has 1 atom stereocenters. The summed E-state index contributed by atoms with van der Waals surface area (Å²) in [5, 5.41) is 2.86. The van der Waals surface area contributed by atoms with Gasteiger partial charge < -0.3 is 24.2 Å². The molecule has 0 unspecified atom stereocenters. The van der Waals surface area contributed by atoms with Gasteiger partial charge in [0, 0.05) is 24.0 Å². The van der Waals surface area contributed by atoms with Gasteiger partial charge in [-0.25, -0.2) is 4.39 Å². The fourth-order valence-electron chi connectivity index (χ4n) is 3.09. The lowest BCUT2D eigenvalue weighted by atomic mass is 10.1. The van der Waals surface area contributed by atoms with Crippen LogP contribution in [0.3, 0.4) is 0 Å². The van der Waals surface area contributed by atoms with Crippen LogP contribution in [-0.4, -0.2) is 34.5 Å². The van der Waals surface area contributed by atoms with Crippen LogP contribution in [-0.2, 0) is 0 Å². The Morgan fingerprint density at radius 3 is 2.89 bits per heavy atom. The zero-order valence-electron chi connectivity index (χ0n) is 15.5. The molecule has 2 N–H and O–H groups in total. The fourth-order valence-corrected chi connectivity index (χ4v) is 3.09. The van der Waals surface area contributed by atoms with Crippen molar-refractivity contribution in [1.29, 1.82) is 0 Å². The van der Waals surface area contributed by atoms with Crippen molar-refractivity contribution >= 4 is 11.4 Å². The van der Waals surface area contributed by atoms with Crippen LogP contribution in [0.1, 0.15) is 30.6 Å². The van der Waals surface area contributed by atoms with Gasteiger partial charge in [-0.2, -0.15) is 0 Å². The van der Waals surface area contributed by atoms with Crippen LogP contribution in [0.4, 0.5) is 4.39 Å². The van der Waals surface area contributed by atoms with Gasteiger partial charge in [0.25, 0.3) is 11.5 Å². The molecule has 0 bridgehead atoms. The Balaban J connectivity index is 1.76. The first kappa shape index (κ1) is 18.1. The van der Waals surface area contributed by atoms with Crippen LogP contribution in [0, 0.1) is 5.82 Å². The first-order chi connectivity index (χ1) is 13.5. The molecule has 1 aliphatic rings. The smallest absolute Gasteiger partial charge is 0.272 e. The predicted molar refractivity (Wildman–Crippen MR) is 102 cm³/mol. The summed E-state index contributed by atoms with van der Waals surface area (Å²) in [7, 11) is 0. The van der Waals surface area contributed by atoms with E-state index in [-0.39, 0.29) is 35.6 Å². The van der Waals surface area contributed by atoms with Gasteiger partial charge in [-0.15, -0.1) is 0 Å². The van der Waals surface area contributed by atoms with Gasteiger partial charge in [0.1, 0.15) is 18.7 Å². The van der Waals surface area contributed by atoms with Crippen LogP contribution >= 0.6 is 0 Å². The number of nitrogens with zero attached hydrogens (tertiary/aromatic N) is 1. The number of H-pyrrole nitrogens is 1. The summed E-state index contributed by atoms with van der Waals surface area (Å²) in [6.07, 6.45) is 3.93. The SMILES string of the molecule is CC[C@@H](C)NC(=O)c1cc2c(=O)[nH]c(-c3ccc4c(c3F)OCCO4)cn2c1. The molecule has 4 rings (SSSR count). The van der Waals surface area contributed by atoms with E-state index in [1.54, 1.807) is 18.5 Å². The number of ether oxygens (including phenoxy) is 2. The van der Waals surface area contributed by atoms with E-state index in [1.807, 2.05) is 13.8 Å². The maximum absolute atomic E-state index is 14.9. The predicted octanol–water partition coefficient (Wildman–Crippen LogP) is 2.73. The highest BCUT2D eigenvalue weighted by molar-refractivity contribution is 5.95. The molecule has 0 spiro atoms. The third-order valence-corrected chi connectivity index (χ3v) is 4.79. The fraction of sp³-hybridized carbons (Fsp3) is 0.300. The number of amides is 1. The van der Waals surface area contributed by atoms with Crippen LogP contribution in [0.25, 0.3) is 16.8 Å². The van der Waals surface area contributed by atoms with E-state index < -0.39 is 11.4 Å². The first-order valence-electron chi connectivity index (χ1n) is 9.12. The largest absolute Gasteiger partial charge is 0.486 e. The normalized spacial score (nSPS) is 14.1. The lowest BCUT2D eigenvalue weighted by Gasteiger charge is -2.19. The van der Waals surface area contributed by atoms with E-state index in [4.69, 9.17) is 9.47 Å². The zero-order valence-corrected chi connectivity index (χ0v) is 15.5. The van der Waals surface area contributed by atoms with Crippen molar-refractivity contribution in [1.82, 2.24) is 14.7 Å². The maximum atomic E-state index is 14.9. The molecular weight excluding hydrogens is 365 g/mol. The number of hydrogen-bond acceptors (Lipinski definition) is 4. The number of aromatic nitrogens is 2. The number of fused-ring (bicyclic) bond motifs is 2. The number of hydrogen-bond donors (Lipinski definition) is 2. The van der Waals surface area contributed by atoms with Gasteiger partial charge in [0.05, 0.1) is 11.3 Å². The molecule has 0 saturated heterocycles. The topological polar surface area (TPSA) is 84.8 Å². The van der Waals surface area contributed by atoms with Crippen molar-refractivity contribution in [2.75, 3.05) is 13.2 Å². The van der Waals surface area contributed by atoms with E-state index >= 15 is 0 Å². The van der Waals surface area contributed by atoms with Gasteiger partial charge in [0.2, 0.25) is 0 Å². The summed E-state index contributed by atoms with van der Waals surface area (Å²) in [6, 6.07) is 4.67. The molecule has 1 amide bonds. The van der Waals surface area contributed by atoms with Gasteiger partial charge in [-0.1, -0.05) is 6.92 Å². The average molecular weight is 385 g/mol. The van der Waals surface area contributed by atoms with Crippen LogP contribution in [0.15, 0.2) is 35.4 Å². The summed E-state index contributed by atoms with van der Waals surface area (Å²) in [6.45, 7) is 4.50. The molecule has 0 saturated carbocycles. The number of halogens is 1. The summed E-state index contributed by atoms with van der Waals surface area (Å²) >= 11 is 0. The number of aromatic amines is 1. The molecule has 1 aliphatic heterocycles. The Bertz CT molecular complexity index is 1120. The molecule has 2 aromatic heterocycles. The second kappa shape index (κ2) is 7.03. The van der Waals surface area contributed by atoms with Crippen molar-refractivity contribution in [2.24, 2.45) is 0 Å². The van der Waals surface area contributed by atoms with Crippen LogP contribution < -0.4 is 20.3 Å². The van der Waals surface area contributed by atoms with Crippen molar-refractivity contribution in [2.45, 2.75) is 26.3 Å². The number of rotatable bonds is 4. The Morgan fingerprint density at radius 1 is 1.32 bits per heavy atom. The minimum atomic E-state index is -0.603. The minimum absolute atomic E-state index is 0.0242. The standard InChI is InChI=1S/C20H20FN3O4/c1-3-11(2)22-19(25)12-8-15-20(26)23-14(10-24(15)9-12)13-4-5-16-18(17(13)21)28-7-6-27-16/h4-5,8-11H,3,6-7H2,1-2H3,(H,22,25)(H,23,26)/t11-/m1/s1. The third kappa shape index (κ3) is 3.11. The number of benzene rings is 1. The Hall–Kier alpha value is -3.29. The molecule has 28 heavy (non-hydrogen) atoms. The molecule has 0 aliphatic carbocycles. The Labute approximate surface area is 160 Å². The van der Waals surface area contributed by atoms with Crippen molar-refractivity contribution in [3.63, 3.8) is 0 Å². The van der Waals surface area contributed by atoms with Gasteiger partial charge >= 0.3 is 0 Å². The lowest BCUT2D eigenvalue weighted by molar-refractivity contribution is 0.0939. The summed E-state index contributed by atoms with van der Waals surface area (Å²) in [4.78, 5) is 27.5. The molecule has 0 fully saturated rings. The minimum Gasteiger partial charge on any atom is -0.486 e. The highest BCUT2D eigenvalue weighted by atomic mass is 19.1. The van der Waals surface area contributed by atoms with E-state index in [0.29, 0.717) is 23.4 Å². The van der Waals surface area contributed by atoms with Gasteiger partial charge in [0.15, 0.2) is 17.3 Å². The van der Waals surface area contributed by atoms with Crippen molar-refractivity contribution in [3.8, 4) is 22.8 Å². The quantitative estimate of drug-likeness (QED) is 0.723. The molecule has 1 aromatic carbocycles. The molecule has 3 aromatic rings. The first-order valence-corrected chi connectivity index (χ1v) is 9.12. The van der Waals surface area contributed by atoms with E-state index in [9.17, 15) is 14.0 Å². The molecule has 0 radical (unpaired) electrons. The lowest BCUT2D eigenvalue weighted by Crippen LogP contribution is -2.31. The maximum Gasteiger partial charge on any atom is 0.272 e. The van der Waals surface area contributed by atoms with Gasteiger partial charge in [-0.05, 0) is 31.5 Å². The Morgan fingerprint density at radius 2 is 2.11 bits per heavy atom. The second-order valence-electron chi connectivity index (χ2n) is 6.75. The second-order valence-corrected chi connectivity index (χ2v) is 6.75. The van der Waals surface area contributed by atoms with Crippen LogP contribution in [0.5, 0.6) is 11.5 Å². The zero-order chi connectivity index (χ0) is 19.8. The number of carbonyl (C=O) groups is 1. The van der Waals surface area contributed by atoms with E-state index in [2.05, 4.69) is 10.3 Å². The molecule has 8 heteroatoms. The third-order valence-electron chi connectivity index (χ3n) is 4.79. The molecule has 146 valence electrons. The van der Waals surface area contributed by atoms with E-state index in [1.165, 1.54) is 16.5 Å². The van der Waals surface area contributed by atoms with Gasteiger partial charge in [-0.3, -0.25) is 9.59 Å². The monoisotopic (exact) mass is 385 g/mol. The summed E-state index contributed by atoms with van der Waals surface area (Å²) in [5.41, 5.74) is 0.704. The van der Waals surface area contributed by atoms with Crippen molar-refractivity contribution in [3.05, 3.63) is 52.3 Å². The average Bonchev–Trinajstić information content (AvgIpc) is 3.13. The summed E-state index contributed by atoms with van der Waals surface area (Å²) in [5.74, 6) is -0.495. The van der Waals surface area contributed by atoms with Crippen LogP contribution in [0.2, 0.25) is 0 Å². The molecule has 3 heterocycles. The number of nitrogens with one attached hydrogen (secondary N) is 2. The summed E-state index contributed by atoms with van der Waals surface area (Å²) < 4.78 is 27.1. The number of carbonyl (C=O) groups excluding carboxylic acids is 1. The van der Waals surface area contributed by atoms with E-state index in [0.717, 1.165) is 6.42 Å². The Kier molecular flexibility index (Phi) is 4.54.